The Morgan fingerprint density at radius 3 is 1.75 bits per heavy atom. The van der Waals surface area contributed by atoms with Crippen LogP contribution in [0.5, 0.6) is 0 Å². The van der Waals surface area contributed by atoms with Gasteiger partial charge in [0.2, 0.25) is 5.91 Å². The maximum absolute atomic E-state index is 12.9. The van der Waals surface area contributed by atoms with Gasteiger partial charge in [0.05, 0.1) is 17.2 Å². The maximum Gasteiger partial charge on any atom is 0.261 e. The van der Waals surface area contributed by atoms with Crippen molar-refractivity contribution in [2.45, 2.75) is 18.9 Å². The van der Waals surface area contributed by atoms with Crippen LogP contribution in [0, 0.1) is 0 Å². The van der Waals surface area contributed by atoms with Gasteiger partial charge in [-0.3, -0.25) is 19.3 Å². The Labute approximate surface area is 210 Å². The molecule has 0 fully saturated rings. The normalized spacial score (nSPS) is 13.4. The number of amides is 3. The Bertz CT molecular complexity index is 1350. The number of rotatable bonds is 8. The first-order valence-corrected chi connectivity index (χ1v) is 12.1. The number of imide groups is 1. The van der Waals surface area contributed by atoms with Gasteiger partial charge in [-0.15, -0.1) is 0 Å². The predicted molar refractivity (Wildman–Crippen MR) is 139 cm³/mol. The quantitative estimate of drug-likeness (QED) is 0.336. The molecule has 5 nitrogen and oxygen atoms in total. The third-order valence-electron chi connectivity index (χ3n) is 6.45. The summed E-state index contributed by atoms with van der Waals surface area (Å²) in [6.07, 6.45) is 0.602. The molecule has 0 bridgehead atoms. The summed E-state index contributed by atoms with van der Waals surface area (Å²) in [5.41, 5.74) is 5.06. The summed E-state index contributed by atoms with van der Waals surface area (Å²) in [7, 11) is 0. The Morgan fingerprint density at radius 2 is 1.14 bits per heavy atom. The van der Waals surface area contributed by atoms with Crippen molar-refractivity contribution < 1.29 is 14.4 Å². The first-order valence-electron chi connectivity index (χ1n) is 12.1. The molecule has 178 valence electrons. The molecule has 0 radical (unpaired) electrons. The molecule has 4 aromatic carbocycles. The molecule has 3 amide bonds. The van der Waals surface area contributed by atoms with Crippen molar-refractivity contribution in [1.82, 2.24) is 10.2 Å². The summed E-state index contributed by atoms with van der Waals surface area (Å²) in [5.74, 6) is -0.721. The maximum atomic E-state index is 12.9. The second-order valence-electron chi connectivity index (χ2n) is 8.81. The molecule has 1 N–H and O–H groups in total. The largest absolute Gasteiger partial charge is 0.345 e. The second kappa shape index (κ2) is 10.4. The van der Waals surface area contributed by atoms with E-state index in [9.17, 15) is 14.4 Å². The van der Waals surface area contributed by atoms with Crippen LogP contribution in [0.25, 0.3) is 11.1 Å². The standard InChI is InChI=1S/C31H26N2O3/c34-28(16-9-21-33-30(35)26-14-7-8-15-27(26)31(33)36)32-29(24-12-5-2-6-13-24)25-19-17-23(18-20-25)22-10-3-1-4-11-22/h1-8,10-15,17-20,29H,9,16,21H2,(H,32,34)/t29-/m1/s1. The molecular weight excluding hydrogens is 448 g/mol. The van der Waals surface area contributed by atoms with Crippen LogP contribution in [0.15, 0.2) is 109 Å². The zero-order chi connectivity index (χ0) is 24.9. The lowest BCUT2D eigenvalue weighted by molar-refractivity contribution is -0.121. The van der Waals surface area contributed by atoms with Crippen LogP contribution in [0.2, 0.25) is 0 Å². The van der Waals surface area contributed by atoms with Gasteiger partial charge < -0.3 is 5.32 Å². The van der Waals surface area contributed by atoms with Gasteiger partial charge in [0.1, 0.15) is 0 Å². The molecule has 0 unspecified atom stereocenters. The van der Waals surface area contributed by atoms with Crippen LogP contribution < -0.4 is 5.32 Å². The molecular formula is C31H26N2O3. The van der Waals surface area contributed by atoms with Crippen LogP contribution in [0.3, 0.4) is 0 Å². The molecule has 1 aliphatic heterocycles. The Morgan fingerprint density at radius 1 is 0.639 bits per heavy atom. The Balaban J connectivity index is 1.25. The predicted octanol–water partition coefficient (Wildman–Crippen LogP) is 5.64. The Kier molecular flexibility index (Phi) is 6.72. The number of nitrogens with one attached hydrogen (secondary N) is 1. The fourth-order valence-corrected chi connectivity index (χ4v) is 4.58. The fraction of sp³-hybridized carbons (Fsp3) is 0.129. The SMILES string of the molecule is O=C(CCCN1C(=O)c2ccccc2C1=O)N[C@H](c1ccccc1)c1ccc(-c2ccccc2)cc1. The van der Waals surface area contributed by atoms with Crippen molar-refractivity contribution in [1.29, 1.82) is 0 Å². The second-order valence-corrected chi connectivity index (χ2v) is 8.81. The molecule has 1 heterocycles. The van der Waals surface area contributed by atoms with Crippen molar-refractivity contribution in [3.05, 3.63) is 131 Å². The highest BCUT2D eigenvalue weighted by atomic mass is 16.2. The zero-order valence-corrected chi connectivity index (χ0v) is 19.8. The highest BCUT2D eigenvalue weighted by molar-refractivity contribution is 6.21. The number of nitrogens with zero attached hydrogens (tertiary/aromatic N) is 1. The lowest BCUT2D eigenvalue weighted by Crippen LogP contribution is -2.33. The van der Waals surface area contributed by atoms with Crippen LogP contribution in [-0.2, 0) is 4.79 Å². The topological polar surface area (TPSA) is 66.5 Å². The summed E-state index contributed by atoms with van der Waals surface area (Å²) in [6.45, 7) is 0.210. The van der Waals surface area contributed by atoms with Crippen molar-refractivity contribution >= 4 is 17.7 Å². The number of hydrogen-bond donors (Lipinski definition) is 1. The minimum Gasteiger partial charge on any atom is -0.345 e. The molecule has 36 heavy (non-hydrogen) atoms. The lowest BCUT2D eigenvalue weighted by atomic mass is 9.96. The van der Waals surface area contributed by atoms with E-state index in [0.29, 0.717) is 17.5 Å². The van der Waals surface area contributed by atoms with E-state index in [1.54, 1.807) is 24.3 Å². The Hall–Kier alpha value is -4.51. The molecule has 1 atom stereocenters. The monoisotopic (exact) mass is 474 g/mol. The van der Waals surface area contributed by atoms with Gasteiger partial charge in [-0.05, 0) is 40.8 Å². The third-order valence-corrected chi connectivity index (χ3v) is 6.45. The van der Waals surface area contributed by atoms with Gasteiger partial charge in [-0.1, -0.05) is 97.1 Å². The number of fused-ring (bicyclic) bond motifs is 1. The summed E-state index contributed by atoms with van der Waals surface area (Å²) < 4.78 is 0. The molecule has 1 aliphatic rings. The summed E-state index contributed by atoms with van der Waals surface area (Å²) in [4.78, 5) is 39.3. The van der Waals surface area contributed by atoms with E-state index in [2.05, 4.69) is 29.6 Å². The summed E-state index contributed by atoms with van der Waals surface area (Å²) >= 11 is 0. The highest BCUT2D eigenvalue weighted by Crippen LogP contribution is 2.26. The minimum absolute atomic E-state index is 0.132. The van der Waals surface area contributed by atoms with Crippen LogP contribution in [-0.4, -0.2) is 29.2 Å². The van der Waals surface area contributed by atoms with Crippen molar-refractivity contribution in [3.63, 3.8) is 0 Å². The lowest BCUT2D eigenvalue weighted by Gasteiger charge is -2.21. The first-order chi connectivity index (χ1) is 17.6. The molecule has 0 aliphatic carbocycles. The number of carbonyl (C=O) groups is 3. The fourth-order valence-electron chi connectivity index (χ4n) is 4.58. The average molecular weight is 475 g/mol. The highest BCUT2D eigenvalue weighted by Gasteiger charge is 2.34. The molecule has 0 aromatic heterocycles. The zero-order valence-electron chi connectivity index (χ0n) is 19.8. The van der Waals surface area contributed by atoms with E-state index in [4.69, 9.17) is 0 Å². The molecule has 5 heteroatoms. The first kappa shape index (κ1) is 23.2. The third kappa shape index (κ3) is 4.82. The van der Waals surface area contributed by atoms with E-state index in [1.165, 1.54) is 4.90 Å². The van der Waals surface area contributed by atoms with Gasteiger partial charge in [0, 0.05) is 13.0 Å². The molecule has 0 saturated heterocycles. The molecule has 0 spiro atoms. The summed E-state index contributed by atoms with van der Waals surface area (Å²) in [6, 6.07) is 34.7. The smallest absolute Gasteiger partial charge is 0.261 e. The van der Waals surface area contributed by atoms with Gasteiger partial charge in [0.25, 0.3) is 11.8 Å². The summed E-state index contributed by atoms with van der Waals surface area (Å²) in [5, 5.41) is 3.15. The molecule has 5 rings (SSSR count). The number of carbonyl (C=O) groups excluding carboxylic acids is 3. The van der Waals surface area contributed by atoms with Crippen molar-refractivity contribution in [2.75, 3.05) is 6.54 Å². The van der Waals surface area contributed by atoms with Crippen molar-refractivity contribution in [3.8, 4) is 11.1 Å². The van der Waals surface area contributed by atoms with Gasteiger partial charge in [0.15, 0.2) is 0 Å². The van der Waals surface area contributed by atoms with E-state index in [0.717, 1.165) is 22.3 Å². The van der Waals surface area contributed by atoms with Crippen LogP contribution in [0.4, 0.5) is 0 Å². The minimum atomic E-state index is -0.303. The van der Waals surface area contributed by atoms with E-state index < -0.39 is 0 Å². The van der Waals surface area contributed by atoms with Gasteiger partial charge in [-0.25, -0.2) is 0 Å². The van der Waals surface area contributed by atoms with E-state index in [1.807, 2.05) is 60.7 Å². The van der Waals surface area contributed by atoms with Gasteiger partial charge in [-0.2, -0.15) is 0 Å². The molecule has 4 aromatic rings. The van der Waals surface area contributed by atoms with Crippen molar-refractivity contribution in [2.24, 2.45) is 0 Å². The van der Waals surface area contributed by atoms with E-state index >= 15 is 0 Å². The number of benzene rings is 4. The molecule has 0 saturated carbocycles. The average Bonchev–Trinajstić information content (AvgIpc) is 3.18. The number of hydrogen-bond acceptors (Lipinski definition) is 3. The van der Waals surface area contributed by atoms with Gasteiger partial charge >= 0.3 is 0 Å². The van der Waals surface area contributed by atoms with E-state index in [-0.39, 0.29) is 36.7 Å². The van der Waals surface area contributed by atoms with Crippen LogP contribution >= 0.6 is 0 Å². The van der Waals surface area contributed by atoms with Crippen LogP contribution in [0.1, 0.15) is 50.7 Å².